The van der Waals surface area contributed by atoms with E-state index in [2.05, 4.69) is 25.1 Å². The lowest BCUT2D eigenvalue weighted by Crippen LogP contribution is -2.46. The number of carbonyl (C=O) groups is 2. The van der Waals surface area contributed by atoms with Crippen molar-refractivity contribution >= 4 is 40.4 Å². The summed E-state index contributed by atoms with van der Waals surface area (Å²) >= 11 is 0. The van der Waals surface area contributed by atoms with E-state index in [1.54, 1.807) is 17.7 Å². The summed E-state index contributed by atoms with van der Waals surface area (Å²) in [5.74, 6) is 0.728. The van der Waals surface area contributed by atoms with Gasteiger partial charge in [-0.3, -0.25) is 19.1 Å². The Labute approximate surface area is 238 Å². The number of primary amides is 1. The Bertz CT molecular complexity index is 1460. The minimum Gasteiger partial charge on any atom is -0.450 e. The third-order valence-electron chi connectivity index (χ3n) is 8.09. The van der Waals surface area contributed by atoms with Crippen LogP contribution in [0.2, 0.25) is 0 Å². The molecule has 2 aliphatic rings. The van der Waals surface area contributed by atoms with Crippen molar-refractivity contribution in [1.29, 1.82) is 0 Å². The van der Waals surface area contributed by atoms with Gasteiger partial charge in [0.1, 0.15) is 11.5 Å². The topological polar surface area (TPSA) is 149 Å². The Morgan fingerprint density at radius 1 is 1.07 bits per heavy atom. The molecule has 0 aromatic carbocycles. The molecule has 12 heteroatoms. The van der Waals surface area contributed by atoms with Gasteiger partial charge < -0.3 is 20.7 Å². The number of aromatic nitrogens is 4. The molecule has 0 spiro atoms. The summed E-state index contributed by atoms with van der Waals surface area (Å²) in [5, 5.41) is 3.90. The summed E-state index contributed by atoms with van der Waals surface area (Å²) in [7, 11) is 0. The summed E-state index contributed by atoms with van der Waals surface area (Å²) in [6, 6.07) is 3.97. The lowest BCUT2D eigenvalue weighted by atomic mass is 10.0. The van der Waals surface area contributed by atoms with Crippen LogP contribution in [-0.4, -0.2) is 75.6 Å². The highest BCUT2D eigenvalue weighted by Crippen LogP contribution is 2.32. The van der Waals surface area contributed by atoms with Crippen molar-refractivity contribution in [3.05, 3.63) is 46.0 Å². The van der Waals surface area contributed by atoms with E-state index in [1.807, 2.05) is 18.3 Å². The van der Waals surface area contributed by atoms with E-state index in [0.29, 0.717) is 35.0 Å². The van der Waals surface area contributed by atoms with Crippen LogP contribution in [0.3, 0.4) is 0 Å². The zero-order valence-electron chi connectivity index (χ0n) is 23.8. The number of anilines is 3. The number of ketones is 1. The predicted octanol–water partition coefficient (Wildman–Crippen LogP) is 3.55. The van der Waals surface area contributed by atoms with Gasteiger partial charge in [-0.1, -0.05) is 12.8 Å². The van der Waals surface area contributed by atoms with Crippen LogP contribution in [0.15, 0.2) is 29.3 Å². The highest BCUT2D eigenvalue weighted by Gasteiger charge is 2.26. The van der Waals surface area contributed by atoms with Gasteiger partial charge in [0.2, 0.25) is 5.95 Å². The molecule has 5 rings (SSSR count). The van der Waals surface area contributed by atoms with Gasteiger partial charge in [0.25, 0.3) is 5.56 Å². The van der Waals surface area contributed by atoms with E-state index in [0.717, 1.165) is 76.9 Å². The van der Waals surface area contributed by atoms with E-state index < -0.39 is 6.09 Å². The molecule has 3 aromatic heterocycles. The van der Waals surface area contributed by atoms with Crippen molar-refractivity contribution in [3.8, 4) is 0 Å². The summed E-state index contributed by atoms with van der Waals surface area (Å²) in [4.78, 5) is 55.0. The Kier molecular flexibility index (Phi) is 8.77. The van der Waals surface area contributed by atoms with Crippen molar-refractivity contribution in [2.75, 3.05) is 49.5 Å². The molecule has 41 heavy (non-hydrogen) atoms. The molecule has 12 nitrogen and oxygen atoms in total. The third kappa shape index (κ3) is 6.48. The molecule has 1 aliphatic heterocycles. The number of Topliss-reactive ketones (excluding diaryl/α,β-unsaturated/α-hetero) is 1. The van der Waals surface area contributed by atoms with Crippen molar-refractivity contribution in [2.45, 2.75) is 58.4 Å². The maximum absolute atomic E-state index is 13.4. The number of rotatable bonds is 10. The van der Waals surface area contributed by atoms with Gasteiger partial charge in [0.05, 0.1) is 24.1 Å². The number of nitrogens with one attached hydrogen (secondary N) is 1. The Morgan fingerprint density at radius 3 is 2.49 bits per heavy atom. The van der Waals surface area contributed by atoms with Crippen LogP contribution in [0.1, 0.15) is 67.4 Å². The number of hydrogen-bond acceptors (Lipinski definition) is 10. The zero-order chi connectivity index (χ0) is 28.9. The van der Waals surface area contributed by atoms with Crippen molar-refractivity contribution < 1.29 is 14.3 Å². The molecular weight excluding hydrogens is 524 g/mol. The van der Waals surface area contributed by atoms with Gasteiger partial charge in [-0.05, 0) is 63.8 Å². The van der Waals surface area contributed by atoms with Gasteiger partial charge in [-0.25, -0.2) is 14.8 Å². The summed E-state index contributed by atoms with van der Waals surface area (Å²) in [6.07, 6.45) is 8.47. The Hall–Kier alpha value is -4.06. The molecule has 3 aromatic rings. The molecule has 2 fully saturated rings. The number of aryl methyl sites for hydroxylation is 1. The number of nitrogens with two attached hydrogens (primary N) is 1. The third-order valence-corrected chi connectivity index (χ3v) is 8.09. The number of pyridine rings is 2. The molecule has 0 radical (unpaired) electrons. The van der Waals surface area contributed by atoms with E-state index in [4.69, 9.17) is 15.5 Å². The fourth-order valence-corrected chi connectivity index (χ4v) is 5.91. The maximum Gasteiger partial charge on any atom is 0.404 e. The quantitative estimate of drug-likeness (QED) is 0.277. The number of unbranched alkanes of at least 4 members (excludes halogenated alkanes) is 1. The largest absolute Gasteiger partial charge is 0.450 e. The van der Waals surface area contributed by atoms with Gasteiger partial charge in [-0.2, -0.15) is 4.98 Å². The lowest BCUT2D eigenvalue weighted by Gasteiger charge is -2.36. The first-order valence-corrected chi connectivity index (χ1v) is 14.4. The highest BCUT2D eigenvalue weighted by atomic mass is 16.5. The van der Waals surface area contributed by atoms with Crippen LogP contribution in [-0.2, 0) is 4.74 Å². The number of nitrogens with zero attached hydrogens (tertiary/aromatic N) is 6. The predicted molar refractivity (Wildman–Crippen MR) is 157 cm³/mol. The first kappa shape index (κ1) is 28.5. The zero-order valence-corrected chi connectivity index (χ0v) is 23.8. The molecule has 0 unspecified atom stereocenters. The SMILES string of the molecule is CC(=O)c1c(C)c2cnc(Nc3ccc(N4CCN(CCCCOC(N)=O)CC4)cn3)nc2n(C2CCCC2)c1=O. The Balaban J connectivity index is 1.25. The first-order chi connectivity index (χ1) is 19.8. The molecule has 1 saturated heterocycles. The average Bonchev–Trinajstić information content (AvgIpc) is 3.48. The average molecular weight is 563 g/mol. The van der Waals surface area contributed by atoms with E-state index in [9.17, 15) is 14.4 Å². The Morgan fingerprint density at radius 2 is 1.83 bits per heavy atom. The van der Waals surface area contributed by atoms with Gasteiger partial charge in [0.15, 0.2) is 5.78 Å². The first-order valence-electron chi connectivity index (χ1n) is 14.4. The van der Waals surface area contributed by atoms with Crippen LogP contribution in [0.4, 0.5) is 22.2 Å². The fraction of sp³-hybridized carbons (Fsp3) is 0.517. The number of amides is 1. The molecule has 3 N–H and O–H groups in total. The second kappa shape index (κ2) is 12.6. The van der Waals surface area contributed by atoms with Crippen molar-refractivity contribution in [2.24, 2.45) is 5.73 Å². The monoisotopic (exact) mass is 562 g/mol. The molecule has 0 bridgehead atoms. The van der Waals surface area contributed by atoms with Crippen molar-refractivity contribution in [3.63, 3.8) is 0 Å². The van der Waals surface area contributed by atoms with Crippen LogP contribution in [0.5, 0.6) is 0 Å². The molecule has 1 saturated carbocycles. The number of piperazine rings is 1. The lowest BCUT2D eigenvalue weighted by molar-refractivity contribution is 0.101. The molecule has 218 valence electrons. The number of fused-ring (bicyclic) bond motifs is 1. The van der Waals surface area contributed by atoms with E-state index >= 15 is 0 Å². The second-order valence-electron chi connectivity index (χ2n) is 10.8. The highest BCUT2D eigenvalue weighted by molar-refractivity contribution is 5.99. The van der Waals surface area contributed by atoms with Crippen molar-refractivity contribution in [1.82, 2.24) is 24.4 Å². The molecular formula is C29H38N8O4. The number of carbonyl (C=O) groups excluding carboxylic acids is 2. The normalized spacial score (nSPS) is 16.3. The second-order valence-corrected chi connectivity index (χ2v) is 10.8. The standard InChI is InChI=1S/C29H38N8O4/c1-19-23-18-32-29(34-26(23)37(21-7-3-4-8-21)27(39)25(19)20(2)38)33-24-10-9-22(17-31-24)36-14-12-35(13-15-36)11-5-6-16-41-28(30)40/h9-10,17-18,21H,3-8,11-16H2,1-2H3,(H2,30,40)(H,31,32,33,34). The van der Waals surface area contributed by atoms with Crippen LogP contribution in [0, 0.1) is 6.92 Å². The van der Waals surface area contributed by atoms with Crippen LogP contribution < -0.4 is 21.5 Å². The molecule has 0 atom stereocenters. The summed E-state index contributed by atoms with van der Waals surface area (Å²) in [6.45, 7) is 8.27. The smallest absolute Gasteiger partial charge is 0.404 e. The fourth-order valence-electron chi connectivity index (χ4n) is 5.91. The minimum absolute atomic E-state index is 0.0279. The minimum atomic E-state index is -0.720. The van der Waals surface area contributed by atoms with Gasteiger partial charge in [-0.15, -0.1) is 0 Å². The number of ether oxygens (including phenoxy) is 1. The molecule has 1 amide bonds. The maximum atomic E-state index is 13.4. The summed E-state index contributed by atoms with van der Waals surface area (Å²) < 4.78 is 6.50. The molecule has 4 heterocycles. The molecule has 1 aliphatic carbocycles. The van der Waals surface area contributed by atoms with Crippen LogP contribution in [0.25, 0.3) is 11.0 Å². The number of hydrogen-bond donors (Lipinski definition) is 2. The van der Waals surface area contributed by atoms with E-state index in [-0.39, 0.29) is 22.9 Å². The van der Waals surface area contributed by atoms with Gasteiger partial charge in [0, 0.05) is 43.8 Å². The van der Waals surface area contributed by atoms with Crippen LogP contribution >= 0.6 is 0 Å². The van der Waals surface area contributed by atoms with Gasteiger partial charge >= 0.3 is 6.09 Å². The summed E-state index contributed by atoms with van der Waals surface area (Å²) in [5.41, 5.74) is 7.17. The van der Waals surface area contributed by atoms with E-state index in [1.165, 1.54) is 6.92 Å².